The van der Waals surface area contributed by atoms with Gasteiger partial charge in [-0.3, -0.25) is 10.0 Å². The van der Waals surface area contributed by atoms with E-state index in [-0.39, 0.29) is 0 Å². The van der Waals surface area contributed by atoms with Gasteiger partial charge in [-0.15, -0.1) is 0 Å². The van der Waals surface area contributed by atoms with E-state index in [1.54, 1.807) is 30.3 Å². The number of amides is 1. The molecule has 2 aromatic carbocycles. The number of methoxy groups -OCH3 is 1. The normalized spacial score (nSPS) is 16.5. The molecule has 0 fully saturated rings. The molecule has 24 heavy (non-hydrogen) atoms. The first-order valence-corrected chi connectivity index (χ1v) is 7.51. The maximum Gasteiger partial charge on any atom is 0.267 e. The van der Waals surface area contributed by atoms with E-state index >= 15 is 0 Å². The Kier molecular flexibility index (Phi) is 4.21. The topological polar surface area (TPSA) is 99.6 Å². The highest BCUT2D eigenvalue weighted by molar-refractivity contribution is 5.99. The molecule has 1 aliphatic rings. The smallest absolute Gasteiger partial charge is 0.267 e. The summed E-state index contributed by atoms with van der Waals surface area (Å²) in [6.45, 7) is 0. The van der Waals surface area contributed by atoms with E-state index in [0.717, 1.165) is 11.1 Å². The van der Waals surface area contributed by atoms with Gasteiger partial charge in [-0.1, -0.05) is 18.2 Å². The Morgan fingerprint density at radius 1 is 1.42 bits per heavy atom. The van der Waals surface area contributed by atoms with Crippen LogP contribution in [0.3, 0.4) is 0 Å². The van der Waals surface area contributed by atoms with Gasteiger partial charge in [-0.2, -0.15) is 10.3 Å². The van der Waals surface area contributed by atoms with Gasteiger partial charge in [0.05, 0.1) is 30.5 Å². The summed E-state index contributed by atoms with van der Waals surface area (Å²) in [6.07, 6.45) is 0.780. The lowest BCUT2D eigenvalue weighted by Crippen LogP contribution is -2.47. The zero-order chi connectivity index (χ0) is 17.3. The first kappa shape index (κ1) is 16.0. The van der Waals surface area contributed by atoms with Crippen LogP contribution in [-0.4, -0.2) is 24.3 Å². The molecule has 0 saturated heterocycles. The quantitative estimate of drug-likeness (QED) is 0.839. The molecule has 1 amide bonds. The zero-order valence-corrected chi connectivity index (χ0v) is 13.2. The van der Waals surface area contributed by atoms with Gasteiger partial charge >= 0.3 is 0 Å². The molecule has 0 aliphatic carbocycles. The van der Waals surface area contributed by atoms with Gasteiger partial charge in [0.2, 0.25) is 0 Å². The third-order valence-electron chi connectivity index (χ3n) is 4.16. The summed E-state index contributed by atoms with van der Waals surface area (Å²) in [5, 5.41) is 19.9. The predicted octanol–water partition coefficient (Wildman–Crippen LogP) is 1.76. The third-order valence-corrected chi connectivity index (χ3v) is 4.16. The van der Waals surface area contributed by atoms with E-state index in [2.05, 4.69) is 6.07 Å². The number of carbonyl (C=O) groups excluding carboxylic acids is 1. The molecule has 0 saturated carbocycles. The van der Waals surface area contributed by atoms with E-state index in [1.165, 1.54) is 7.11 Å². The SMILES string of the molecule is COc1ccc2c(c1Cc1cccc(C#N)c1)N(O)C(=O)[C@@H](N)C2. The van der Waals surface area contributed by atoms with Crippen LogP contribution in [0.15, 0.2) is 36.4 Å². The summed E-state index contributed by atoms with van der Waals surface area (Å²) in [5.41, 5.74) is 9.11. The second-order valence-electron chi connectivity index (χ2n) is 5.70. The van der Waals surface area contributed by atoms with E-state index < -0.39 is 11.9 Å². The molecule has 3 N–H and O–H groups in total. The Morgan fingerprint density at radius 2 is 2.21 bits per heavy atom. The van der Waals surface area contributed by atoms with Gasteiger partial charge in [0.1, 0.15) is 5.75 Å². The molecular weight excluding hydrogens is 306 g/mol. The van der Waals surface area contributed by atoms with Crippen LogP contribution in [0, 0.1) is 11.3 Å². The average molecular weight is 323 g/mol. The molecule has 0 spiro atoms. The molecule has 3 rings (SSSR count). The standard InChI is InChI=1S/C18H17N3O3/c1-24-16-6-5-13-9-15(20)18(22)21(23)17(13)14(16)8-11-3-2-4-12(7-11)10-19/h2-7,15,23H,8-9,20H2,1H3/t15-/m0/s1. The number of nitrogens with zero attached hydrogens (tertiary/aromatic N) is 2. The zero-order valence-electron chi connectivity index (χ0n) is 13.2. The van der Waals surface area contributed by atoms with Crippen LogP contribution in [0.5, 0.6) is 5.75 Å². The van der Waals surface area contributed by atoms with E-state index in [1.807, 2.05) is 6.07 Å². The Hall–Kier alpha value is -2.88. The number of carbonyl (C=O) groups is 1. The molecule has 0 radical (unpaired) electrons. The van der Waals surface area contributed by atoms with Crippen LogP contribution in [0.2, 0.25) is 0 Å². The first-order valence-electron chi connectivity index (χ1n) is 7.51. The lowest BCUT2D eigenvalue weighted by molar-refractivity contribution is -0.125. The van der Waals surface area contributed by atoms with Gasteiger partial charge in [-0.05, 0) is 35.7 Å². The predicted molar refractivity (Wildman–Crippen MR) is 87.9 cm³/mol. The largest absolute Gasteiger partial charge is 0.496 e. The van der Waals surface area contributed by atoms with Crippen molar-refractivity contribution in [2.24, 2.45) is 5.73 Å². The molecule has 6 nitrogen and oxygen atoms in total. The molecule has 1 aliphatic heterocycles. The van der Waals surface area contributed by atoms with Crippen molar-refractivity contribution in [3.8, 4) is 11.8 Å². The third kappa shape index (κ3) is 2.71. The fourth-order valence-electron chi connectivity index (χ4n) is 3.00. The van der Waals surface area contributed by atoms with Gasteiger partial charge < -0.3 is 10.5 Å². The Labute approximate surface area is 139 Å². The van der Waals surface area contributed by atoms with Gasteiger partial charge in [0.25, 0.3) is 5.91 Å². The van der Waals surface area contributed by atoms with Gasteiger partial charge in [-0.25, -0.2) is 0 Å². The van der Waals surface area contributed by atoms with Crippen LogP contribution >= 0.6 is 0 Å². The van der Waals surface area contributed by atoms with Crippen molar-refractivity contribution in [3.05, 3.63) is 58.7 Å². The summed E-state index contributed by atoms with van der Waals surface area (Å²) >= 11 is 0. The number of nitrogens with two attached hydrogens (primary N) is 1. The highest BCUT2D eigenvalue weighted by Crippen LogP contribution is 2.37. The summed E-state index contributed by atoms with van der Waals surface area (Å²) in [7, 11) is 1.54. The lowest BCUT2D eigenvalue weighted by atomic mass is 9.92. The molecule has 122 valence electrons. The minimum Gasteiger partial charge on any atom is -0.496 e. The van der Waals surface area contributed by atoms with E-state index in [0.29, 0.717) is 40.5 Å². The van der Waals surface area contributed by atoms with Crippen molar-refractivity contribution < 1.29 is 14.7 Å². The summed E-state index contributed by atoms with van der Waals surface area (Å²) in [4.78, 5) is 12.1. The number of hydrogen-bond acceptors (Lipinski definition) is 5. The van der Waals surface area contributed by atoms with Crippen molar-refractivity contribution in [3.63, 3.8) is 0 Å². The minimum atomic E-state index is -0.759. The maximum atomic E-state index is 12.1. The Morgan fingerprint density at radius 3 is 2.92 bits per heavy atom. The molecule has 2 aromatic rings. The van der Waals surface area contributed by atoms with Crippen molar-refractivity contribution in [2.45, 2.75) is 18.9 Å². The van der Waals surface area contributed by atoms with Gasteiger partial charge in [0.15, 0.2) is 0 Å². The highest BCUT2D eigenvalue weighted by atomic mass is 16.5. The van der Waals surface area contributed by atoms with Crippen molar-refractivity contribution >= 4 is 11.6 Å². The number of fused-ring (bicyclic) bond motifs is 1. The summed E-state index contributed by atoms with van der Waals surface area (Å²) < 4.78 is 5.41. The van der Waals surface area contributed by atoms with Crippen LogP contribution in [0.1, 0.15) is 22.3 Å². The number of rotatable bonds is 3. The number of hydrogen-bond donors (Lipinski definition) is 2. The summed E-state index contributed by atoms with van der Waals surface area (Å²) in [6, 6.07) is 12.1. The van der Waals surface area contributed by atoms with Crippen LogP contribution in [0.4, 0.5) is 5.69 Å². The molecule has 6 heteroatoms. The van der Waals surface area contributed by atoms with Crippen molar-refractivity contribution in [1.82, 2.24) is 0 Å². The Bertz CT molecular complexity index is 842. The first-order chi connectivity index (χ1) is 11.5. The highest BCUT2D eigenvalue weighted by Gasteiger charge is 2.32. The second kappa shape index (κ2) is 6.32. The lowest BCUT2D eigenvalue weighted by Gasteiger charge is -2.30. The molecule has 1 atom stereocenters. The Balaban J connectivity index is 2.11. The average Bonchev–Trinajstić information content (AvgIpc) is 2.60. The molecule has 1 heterocycles. The fraction of sp³-hybridized carbons (Fsp3) is 0.222. The molecule has 0 unspecified atom stereocenters. The second-order valence-corrected chi connectivity index (χ2v) is 5.70. The van der Waals surface area contributed by atoms with E-state index in [9.17, 15) is 10.0 Å². The van der Waals surface area contributed by atoms with Crippen molar-refractivity contribution in [1.29, 1.82) is 5.26 Å². The number of nitriles is 1. The van der Waals surface area contributed by atoms with Crippen LogP contribution in [0.25, 0.3) is 0 Å². The monoisotopic (exact) mass is 323 g/mol. The molecular formula is C18H17N3O3. The van der Waals surface area contributed by atoms with E-state index in [4.69, 9.17) is 15.7 Å². The van der Waals surface area contributed by atoms with Crippen molar-refractivity contribution in [2.75, 3.05) is 12.2 Å². The van der Waals surface area contributed by atoms with Gasteiger partial charge in [0, 0.05) is 12.0 Å². The number of ether oxygens (including phenoxy) is 1. The number of hydroxylamine groups is 1. The maximum absolute atomic E-state index is 12.1. The summed E-state index contributed by atoms with van der Waals surface area (Å²) in [5.74, 6) is 0.0289. The molecule has 0 aromatic heterocycles. The number of benzene rings is 2. The number of anilines is 1. The molecule has 0 bridgehead atoms. The van der Waals surface area contributed by atoms with Crippen LogP contribution < -0.4 is 15.5 Å². The van der Waals surface area contributed by atoms with Crippen LogP contribution in [-0.2, 0) is 17.6 Å². The fourth-order valence-corrected chi connectivity index (χ4v) is 3.00. The minimum absolute atomic E-state index is 0.362.